The largest absolute Gasteiger partial charge is 0.374 e. The first-order valence-corrected chi connectivity index (χ1v) is 5.12. The van der Waals surface area contributed by atoms with Crippen molar-refractivity contribution >= 4 is 5.69 Å². The Morgan fingerprint density at radius 3 is 2.75 bits per heavy atom. The maximum atomic E-state index is 5.17. The van der Waals surface area contributed by atoms with Crippen LogP contribution in [0.1, 0.15) is 5.56 Å². The fourth-order valence-corrected chi connectivity index (χ4v) is 1.46. The first kappa shape index (κ1) is 10.3. The van der Waals surface area contributed by atoms with E-state index in [0.29, 0.717) is 6.54 Å². The Kier molecular flexibility index (Phi) is 3.25. The maximum Gasteiger partial charge on any atom is 0.0763 e. The summed E-state index contributed by atoms with van der Waals surface area (Å²) in [5.74, 6) is 2.54. The van der Waals surface area contributed by atoms with Crippen LogP contribution in [0.15, 0.2) is 42.7 Å². The Bertz CT molecular complexity index is 463. The third-order valence-corrected chi connectivity index (χ3v) is 2.25. The van der Waals surface area contributed by atoms with E-state index in [1.165, 1.54) is 5.56 Å². The molecule has 1 aromatic carbocycles. The molecule has 0 bridgehead atoms. The molecule has 16 heavy (non-hydrogen) atoms. The quantitative estimate of drug-likeness (QED) is 0.784. The molecule has 1 N–H and O–H groups in total. The summed E-state index contributed by atoms with van der Waals surface area (Å²) in [5, 5.41) is 7.28. The molecule has 0 spiro atoms. The number of aromatic nitrogens is 2. The van der Waals surface area contributed by atoms with Crippen LogP contribution in [0.25, 0.3) is 0 Å². The molecule has 0 radical (unpaired) electrons. The number of nitrogens with one attached hydrogen (secondary N) is 1. The van der Waals surface area contributed by atoms with Crippen molar-refractivity contribution < 1.29 is 0 Å². The lowest BCUT2D eigenvalue weighted by Crippen LogP contribution is -2.01. The zero-order valence-corrected chi connectivity index (χ0v) is 8.93. The van der Waals surface area contributed by atoms with Crippen LogP contribution >= 0.6 is 0 Å². The van der Waals surface area contributed by atoms with Crippen LogP contribution < -0.4 is 5.32 Å². The highest BCUT2D eigenvalue weighted by Crippen LogP contribution is 2.09. The molecule has 0 saturated carbocycles. The second-order valence-electron chi connectivity index (χ2n) is 3.46. The van der Waals surface area contributed by atoms with Crippen molar-refractivity contribution in [3.05, 3.63) is 48.3 Å². The first-order valence-electron chi connectivity index (χ1n) is 5.12. The molecule has 2 rings (SSSR count). The van der Waals surface area contributed by atoms with Crippen LogP contribution in [-0.4, -0.2) is 16.3 Å². The zero-order valence-electron chi connectivity index (χ0n) is 8.93. The summed E-state index contributed by atoms with van der Waals surface area (Å²) < 4.78 is 1.89. The molecule has 0 aliphatic heterocycles. The highest BCUT2D eigenvalue weighted by Gasteiger charge is 1.95. The van der Waals surface area contributed by atoms with Crippen molar-refractivity contribution in [2.45, 2.75) is 6.54 Å². The van der Waals surface area contributed by atoms with Gasteiger partial charge in [0, 0.05) is 18.1 Å². The van der Waals surface area contributed by atoms with Gasteiger partial charge in [0.25, 0.3) is 0 Å². The van der Waals surface area contributed by atoms with Crippen LogP contribution in [0.2, 0.25) is 0 Å². The van der Waals surface area contributed by atoms with E-state index in [1.54, 1.807) is 6.20 Å². The molecule has 0 saturated heterocycles. The lowest BCUT2D eigenvalue weighted by atomic mass is 10.2. The van der Waals surface area contributed by atoms with Gasteiger partial charge >= 0.3 is 0 Å². The third-order valence-electron chi connectivity index (χ3n) is 2.25. The third kappa shape index (κ3) is 2.64. The zero-order chi connectivity index (χ0) is 11.2. The van der Waals surface area contributed by atoms with E-state index in [9.17, 15) is 0 Å². The van der Waals surface area contributed by atoms with E-state index in [2.05, 4.69) is 28.5 Å². The normalized spacial score (nSPS) is 9.69. The minimum Gasteiger partial charge on any atom is -0.374 e. The Morgan fingerprint density at radius 1 is 1.31 bits per heavy atom. The van der Waals surface area contributed by atoms with Crippen LogP contribution in [0.5, 0.6) is 0 Å². The Hall–Kier alpha value is -2.21. The molecule has 3 nitrogen and oxygen atoms in total. The summed E-state index contributed by atoms with van der Waals surface area (Å²) in [7, 11) is 0. The van der Waals surface area contributed by atoms with E-state index >= 15 is 0 Å². The first-order chi connectivity index (χ1) is 7.88. The van der Waals surface area contributed by atoms with Gasteiger partial charge in [-0.15, -0.1) is 6.42 Å². The minimum atomic E-state index is 0.554. The lowest BCUT2D eigenvalue weighted by molar-refractivity contribution is 0.687. The van der Waals surface area contributed by atoms with E-state index in [-0.39, 0.29) is 0 Å². The van der Waals surface area contributed by atoms with E-state index in [1.807, 2.05) is 29.1 Å². The molecule has 3 heteroatoms. The van der Waals surface area contributed by atoms with Gasteiger partial charge in [-0.1, -0.05) is 18.1 Å². The molecule has 0 aliphatic rings. The highest BCUT2D eigenvalue weighted by atomic mass is 15.3. The number of anilines is 1. The monoisotopic (exact) mass is 211 g/mol. The van der Waals surface area contributed by atoms with Gasteiger partial charge in [0.2, 0.25) is 0 Å². The van der Waals surface area contributed by atoms with E-state index in [4.69, 9.17) is 6.42 Å². The van der Waals surface area contributed by atoms with Crippen molar-refractivity contribution in [2.24, 2.45) is 0 Å². The fourth-order valence-electron chi connectivity index (χ4n) is 1.46. The Morgan fingerprint density at radius 2 is 2.12 bits per heavy atom. The van der Waals surface area contributed by atoms with Gasteiger partial charge in [0.1, 0.15) is 0 Å². The van der Waals surface area contributed by atoms with Gasteiger partial charge in [-0.3, -0.25) is 4.68 Å². The molecule has 0 amide bonds. The summed E-state index contributed by atoms with van der Waals surface area (Å²) in [6.45, 7) is 1.35. The molecule has 0 aliphatic carbocycles. The Labute approximate surface area is 95.1 Å². The van der Waals surface area contributed by atoms with E-state index in [0.717, 1.165) is 12.2 Å². The average Bonchev–Trinajstić information content (AvgIpc) is 2.81. The minimum absolute atomic E-state index is 0.554. The van der Waals surface area contributed by atoms with Crippen LogP contribution in [-0.2, 0) is 6.54 Å². The van der Waals surface area contributed by atoms with Crippen molar-refractivity contribution in [1.82, 2.24) is 9.78 Å². The number of rotatable bonds is 4. The SMILES string of the molecule is C#CCNc1ccc(Cn2cccn2)cc1. The number of terminal acetylenes is 1. The number of hydrogen-bond acceptors (Lipinski definition) is 2. The molecular weight excluding hydrogens is 198 g/mol. The van der Waals surface area contributed by atoms with E-state index < -0.39 is 0 Å². The average molecular weight is 211 g/mol. The van der Waals surface area contributed by atoms with Crippen molar-refractivity contribution in [1.29, 1.82) is 0 Å². The molecule has 2 aromatic rings. The number of nitrogens with zero attached hydrogens (tertiary/aromatic N) is 2. The summed E-state index contributed by atoms with van der Waals surface area (Å²) in [6, 6.07) is 10.1. The topological polar surface area (TPSA) is 29.9 Å². The molecule has 1 aromatic heterocycles. The maximum absolute atomic E-state index is 5.17. The molecule has 0 fully saturated rings. The van der Waals surface area contributed by atoms with Crippen molar-refractivity contribution in [2.75, 3.05) is 11.9 Å². The van der Waals surface area contributed by atoms with Crippen LogP contribution in [0.3, 0.4) is 0 Å². The fraction of sp³-hybridized carbons (Fsp3) is 0.154. The van der Waals surface area contributed by atoms with Crippen molar-refractivity contribution in [3.8, 4) is 12.3 Å². The predicted molar refractivity (Wildman–Crippen MR) is 65.1 cm³/mol. The van der Waals surface area contributed by atoms with Gasteiger partial charge in [0.15, 0.2) is 0 Å². The molecule has 80 valence electrons. The Balaban J connectivity index is 2.00. The van der Waals surface area contributed by atoms with Gasteiger partial charge in [-0.2, -0.15) is 5.10 Å². The van der Waals surface area contributed by atoms with Crippen LogP contribution in [0, 0.1) is 12.3 Å². The lowest BCUT2D eigenvalue weighted by Gasteiger charge is -2.05. The summed E-state index contributed by atoms with van der Waals surface area (Å²) in [4.78, 5) is 0. The van der Waals surface area contributed by atoms with Gasteiger partial charge in [-0.05, 0) is 23.8 Å². The molecular formula is C13H13N3. The summed E-state index contributed by atoms with van der Waals surface area (Å²) in [5.41, 5.74) is 2.26. The molecule has 0 unspecified atom stereocenters. The van der Waals surface area contributed by atoms with Crippen LogP contribution in [0.4, 0.5) is 5.69 Å². The van der Waals surface area contributed by atoms with Gasteiger partial charge in [0.05, 0.1) is 13.1 Å². The highest BCUT2D eigenvalue weighted by molar-refractivity contribution is 5.45. The predicted octanol–water partition coefficient (Wildman–Crippen LogP) is 1.98. The molecule has 1 heterocycles. The molecule has 0 atom stereocenters. The second-order valence-corrected chi connectivity index (χ2v) is 3.46. The van der Waals surface area contributed by atoms with Crippen molar-refractivity contribution in [3.63, 3.8) is 0 Å². The van der Waals surface area contributed by atoms with Gasteiger partial charge in [-0.25, -0.2) is 0 Å². The standard InChI is InChI=1S/C13H13N3/c1-2-8-14-13-6-4-12(5-7-13)11-16-10-3-9-15-16/h1,3-7,9-10,14H,8,11H2. The van der Waals surface area contributed by atoms with Gasteiger partial charge < -0.3 is 5.32 Å². The number of hydrogen-bond donors (Lipinski definition) is 1. The smallest absolute Gasteiger partial charge is 0.0763 e. The second kappa shape index (κ2) is 5.04. The summed E-state index contributed by atoms with van der Waals surface area (Å²) in [6.07, 6.45) is 8.90. The summed E-state index contributed by atoms with van der Waals surface area (Å²) >= 11 is 0. The number of benzene rings is 1.